The Kier molecular flexibility index (Phi) is 4.09. The summed E-state index contributed by atoms with van der Waals surface area (Å²) in [5, 5.41) is 13.1. The third-order valence-corrected chi connectivity index (χ3v) is 4.27. The van der Waals surface area contributed by atoms with Crippen LogP contribution in [0.15, 0.2) is 30.3 Å². The summed E-state index contributed by atoms with van der Waals surface area (Å²) < 4.78 is 7.13. The molecule has 1 unspecified atom stereocenters. The number of hydrogen-bond acceptors (Lipinski definition) is 3. The van der Waals surface area contributed by atoms with Crippen molar-refractivity contribution in [1.29, 1.82) is 0 Å². The number of nitrogens with one attached hydrogen (secondary N) is 1. The zero-order valence-corrected chi connectivity index (χ0v) is 13.0. The Morgan fingerprint density at radius 1 is 1.39 bits per heavy atom. The lowest BCUT2D eigenvalue weighted by molar-refractivity contribution is -0.144. The summed E-state index contributed by atoms with van der Waals surface area (Å²) >= 11 is 0. The highest BCUT2D eigenvalue weighted by Crippen LogP contribution is 2.23. The number of ether oxygens (including phenoxy) is 1. The molecule has 1 aliphatic heterocycles. The molecule has 122 valence electrons. The summed E-state index contributed by atoms with van der Waals surface area (Å²) in [7, 11) is 0. The fourth-order valence-electron chi connectivity index (χ4n) is 3.03. The standard InChI is InChI=1S/C17H20N2O4/c1-2-8-19-13-6-4-3-5-12(13)10-14(19)15(20)18-17(16(21)22)7-9-23-11-17/h3-6,10H,2,7-9,11H2,1H3,(H,18,20)(H,21,22). The first-order valence-electron chi connectivity index (χ1n) is 7.79. The van der Waals surface area contributed by atoms with E-state index in [1.54, 1.807) is 0 Å². The lowest BCUT2D eigenvalue weighted by Crippen LogP contribution is -2.55. The molecule has 6 nitrogen and oxygen atoms in total. The van der Waals surface area contributed by atoms with E-state index in [0.717, 1.165) is 17.3 Å². The summed E-state index contributed by atoms with van der Waals surface area (Å²) in [6.07, 6.45) is 1.16. The minimum atomic E-state index is -1.33. The number of para-hydroxylation sites is 1. The van der Waals surface area contributed by atoms with Crippen LogP contribution < -0.4 is 5.32 Å². The zero-order valence-electron chi connectivity index (χ0n) is 13.0. The van der Waals surface area contributed by atoms with Gasteiger partial charge >= 0.3 is 5.97 Å². The van der Waals surface area contributed by atoms with Crippen LogP contribution in [0.5, 0.6) is 0 Å². The molecule has 1 atom stereocenters. The Balaban J connectivity index is 1.97. The molecule has 1 aromatic heterocycles. The molecular formula is C17H20N2O4. The highest BCUT2D eigenvalue weighted by atomic mass is 16.5. The van der Waals surface area contributed by atoms with Crippen LogP contribution in [0.2, 0.25) is 0 Å². The highest BCUT2D eigenvalue weighted by Gasteiger charge is 2.44. The van der Waals surface area contributed by atoms with Gasteiger partial charge < -0.3 is 19.7 Å². The Hall–Kier alpha value is -2.34. The van der Waals surface area contributed by atoms with Crippen molar-refractivity contribution in [2.24, 2.45) is 0 Å². The number of carboxylic acid groups (broad SMARTS) is 1. The van der Waals surface area contributed by atoms with E-state index in [2.05, 4.69) is 5.32 Å². The number of hydrogen-bond donors (Lipinski definition) is 2. The van der Waals surface area contributed by atoms with Crippen molar-refractivity contribution in [1.82, 2.24) is 9.88 Å². The third kappa shape index (κ3) is 2.70. The topological polar surface area (TPSA) is 80.6 Å². The second-order valence-corrected chi connectivity index (χ2v) is 5.88. The number of carboxylic acids is 1. The molecule has 0 bridgehead atoms. The Morgan fingerprint density at radius 2 is 2.17 bits per heavy atom. The van der Waals surface area contributed by atoms with E-state index in [4.69, 9.17) is 4.74 Å². The van der Waals surface area contributed by atoms with Crippen LogP contribution in [0.1, 0.15) is 30.3 Å². The molecule has 1 amide bonds. The smallest absolute Gasteiger partial charge is 0.331 e. The minimum absolute atomic E-state index is 0.00206. The van der Waals surface area contributed by atoms with E-state index in [-0.39, 0.29) is 18.9 Å². The number of fused-ring (bicyclic) bond motifs is 1. The van der Waals surface area contributed by atoms with Crippen LogP contribution in [-0.2, 0) is 16.1 Å². The summed E-state index contributed by atoms with van der Waals surface area (Å²) in [6, 6.07) is 9.58. The van der Waals surface area contributed by atoms with Crippen LogP contribution in [0.25, 0.3) is 10.9 Å². The van der Waals surface area contributed by atoms with E-state index < -0.39 is 11.5 Å². The second kappa shape index (κ2) is 6.04. The Bertz CT molecular complexity index is 744. The van der Waals surface area contributed by atoms with E-state index in [9.17, 15) is 14.7 Å². The minimum Gasteiger partial charge on any atom is -0.479 e. The number of aromatic nitrogens is 1. The molecule has 2 heterocycles. The normalized spacial score (nSPS) is 20.7. The first kappa shape index (κ1) is 15.6. The number of nitrogens with zero attached hydrogens (tertiary/aromatic N) is 1. The van der Waals surface area contributed by atoms with Crippen molar-refractivity contribution in [2.45, 2.75) is 31.8 Å². The van der Waals surface area contributed by atoms with Gasteiger partial charge in [0.2, 0.25) is 0 Å². The Morgan fingerprint density at radius 3 is 2.83 bits per heavy atom. The van der Waals surface area contributed by atoms with Gasteiger partial charge in [0.15, 0.2) is 5.54 Å². The van der Waals surface area contributed by atoms with Crippen molar-refractivity contribution < 1.29 is 19.4 Å². The number of aryl methyl sites for hydroxylation is 1. The lowest BCUT2D eigenvalue weighted by atomic mass is 9.99. The first-order chi connectivity index (χ1) is 11.1. The van der Waals surface area contributed by atoms with Gasteiger partial charge in [-0.05, 0) is 18.6 Å². The quantitative estimate of drug-likeness (QED) is 0.884. The van der Waals surface area contributed by atoms with Crippen LogP contribution in [-0.4, -0.2) is 40.3 Å². The number of amides is 1. The molecule has 1 aliphatic rings. The van der Waals surface area contributed by atoms with Crippen LogP contribution in [0.4, 0.5) is 0 Å². The van der Waals surface area contributed by atoms with Crippen molar-refractivity contribution >= 4 is 22.8 Å². The number of benzene rings is 1. The molecule has 3 rings (SSSR count). The fraction of sp³-hybridized carbons (Fsp3) is 0.412. The molecule has 0 radical (unpaired) electrons. The summed E-state index contributed by atoms with van der Waals surface area (Å²) in [4.78, 5) is 24.3. The molecule has 0 aliphatic carbocycles. The predicted octanol–water partition coefficient (Wildman–Crippen LogP) is 2.02. The largest absolute Gasteiger partial charge is 0.479 e. The SMILES string of the molecule is CCCn1c(C(=O)NC2(C(=O)O)CCOC2)cc2ccccc21. The monoisotopic (exact) mass is 316 g/mol. The summed E-state index contributed by atoms with van der Waals surface area (Å²) in [5.74, 6) is -1.43. The van der Waals surface area contributed by atoms with Crippen molar-refractivity contribution in [2.75, 3.05) is 13.2 Å². The number of carbonyl (C=O) groups is 2. The molecule has 1 aromatic carbocycles. The number of rotatable bonds is 5. The number of carbonyl (C=O) groups excluding carboxylic acids is 1. The van der Waals surface area contributed by atoms with Gasteiger partial charge in [0.05, 0.1) is 6.61 Å². The van der Waals surface area contributed by atoms with Gasteiger partial charge in [-0.3, -0.25) is 4.79 Å². The average Bonchev–Trinajstić information content (AvgIpc) is 3.14. The fourth-order valence-corrected chi connectivity index (χ4v) is 3.03. The molecule has 2 N–H and O–H groups in total. The maximum atomic E-state index is 12.7. The summed E-state index contributed by atoms with van der Waals surface area (Å²) in [5.41, 5.74) is 0.136. The molecule has 0 spiro atoms. The molecule has 2 aromatic rings. The van der Waals surface area contributed by atoms with Crippen molar-refractivity contribution in [3.63, 3.8) is 0 Å². The van der Waals surface area contributed by atoms with E-state index in [1.165, 1.54) is 0 Å². The first-order valence-corrected chi connectivity index (χ1v) is 7.79. The predicted molar refractivity (Wildman–Crippen MR) is 85.5 cm³/mol. The average molecular weight is 316 g/mol. The molecule has 0 saturated carbocycles. The maximum absolute atomic E-state index is 12.7. The molecule has 23 heavy (non-hydrogen) atoms. The zero-order chi connectivity index (χ0) is 16.4. The lowest BCUT2D eigenvalue weighted by Gasteiger charge is -2.24. The van der Waals surface area contributed by atoms with Gasteiger partial charge in [-0.2, -0.15) is 0 Å². The van der Waals surface area contributed by atoms with E-state index in [1.807, 2.05) is 41.8 Å². The van der Waals surface area contributed by atoms with Crippen LogP contribution in [0, 0.1) is 0 Å². The molecular weight excluding hydrogens is 296 g/mol. The van der Waals surface area contributed by atoms with Gasteiger partial charge in [0.1, 0.15) is 5.69 Å². The van der Waals surface area contributed by atoms with Gasteiger partial charge in [-0.25, -0.2) is 4.79 Å². The Labute approximate surface area is 134 Å². The third-order valence-electron chi connectivity index (χ3n) is 4.27. The second-order valence-electron chi connectivity index (χ2n) is 5.88. The van der Waals surface area contributed by atoms with Gasteiger partial charge in [0, 0.05) is 30.5 Å². The van der Waals surface area contributed by atoms with Crippen LogP contribution >= 0.6 is 0 Å². The van der Waals surface area contributed by atoms with Gasteiger partial charge in [-0.15, -0.1) is 0 Å². The number of aliphatic carboxylic acids is 1. The van der Waals surface area contributed by atoms with Crippen LogP contribution in [0.3, 0.4) is 0 Å². The molecule has 6 heteroatoms. The van der Waals surface area contributed by atoms with E-state index in [0.29, 0.717) is 18.8 Å². The van der Waals surface area contributed by atoms with E-state index >= 15 is 0 Å². The molecule has 1 saturated heterocycles. The van der Waals surface area contributed by atoms with Gasteiger partial charge in [-0.1, -0.05) is 25.1 Å². The van der Waals surface area contributed by atoms with Gasteiger partial charge in [0.25, 0.3) is 5.91 Å². The highest BCUT2D eigenvalue weighted by molar-refractivity contribution is 6.01. The maximum Gasteiger partial charge on any atom is 0.331 e. The summed E-state index contributed by atoms with van der Waals surface area (Å²) in [6.45, 7) is 3.08. The van der Waals surface area contributed by atoms with Crippen molar-refractivity contribution in [3.8, 4) is 0 Å². The van der Waals surface area contributed by atoms with Crippen molar-refractivity contribution in [3.05, 3.63) is 36.0 Å². The molecule has 1 fully saturated rings.